The second kappa shape index (κ2) is 7.12. The third kappa shape index (κ3) is 3.57. The molecule has 0 bridgehead atoms. The molecule has 0 atom stereocenters. The van der Waals surface area contributed by atoms with Crippen LogP contribution in [-0.2, 0) is 0 Å². The Kier molecular flexibility index (Phi) is 5.12. The van der Waals surface area contributed by atoms with Crippen LogP contribution in [-0.4, -0.2) is 0 Å². The third-order valence-corrected chi connectivity index (χ3v) is 5.34. The number of rotatable bonds is 3. The highest BCUT2D eigenvalue weighted by atomic mass is 79.9. The van der Waals surface area contributed by atoms with E-state index in [9.17, 15) is 0 Å². The number of halogens is 2. The molecule has 0 unspecified atom stereocenters. The van der Waals surface area contributed by atoms with Crippen LogP contribution < -0.4 is 5.73 Å². The Hall–Kier alpha value is -1.58. The average molecular weight is 445 g/mol. The zero-order valence-electron chi connectivity index (χ0n) is 13.7. The summed E-state index contributed by atoms with van der Waals surface area (Å²) in [5, 5.41) is 0. The van der Waals surface area contributed by atoms with Gasteiger partial charge in [-0.25, -0.2) is 0 Å². The molecule has 0 spiro atoms. The first kappa shape index (κ1) is 17.2. The standard InChI is InChI=1S/C21H19Br2N/c1-13-11-14(2)21(24)19(12-13)20(15-3-7-17(22)8-4-15)16-5-9-18(23)10-6-16/h3-12,20H,24H2,1-2H3. The fourth-order valence-electron chi connectivity index (χ4n) is 3.11. The Labute approximate surface area is 160 Å². The van der Waals surface area contributed by atoms with E-state index in [1.165, 1.54) is 16.7 Å². The summed E-state index contributed by atoms with van der Waals surface area (Å²) in [6.07, 6.45) is 0. The average Bonchev–Trinajstić information content (AvgIpc) is 2.55. The second-order valence-corrected chi connectivity index (χ2v) is 7.95. The number of anilines is 1. The van der Waals surface area contributed by atoms with Gasteiger partial charge in [0.05, 0.1) is 0 Å². The topological polar surface area (TPSA) is 26.0 Å². The summed E-state index contributed by atoms with van der Waals surface area (Å²) in [5.41, 5.74) is 13.3. The largest absolute Gasteiger partial charge is 0.398 e. The van der Waals surface area contributed by atoms with E-state index in [0.29, 0.717) is 0 Å². The van der Waals surface area contributed by atoms with Crippen LogP contribution in [0.2, 0.25) is 0 Å². The molecule has 3 rings (SSSR count). The molecule has 2 N–H and O–H groups in total. The number of hydrogen-bond donors (Lipinski definition) is 1. The van der Waals surface area contributed by atoms with E-state index in [4.69, 9.17) is 5.73 Å². The molecule has 0 radical (unpaired) electrons. The van der Waals surface area contributed by atoms with Crippen molar-refractivity contribution in [1.82, 2.24) is 0 Å². The minimum Gasteiger partial charge on any atom is -0.398 e. The lowest BCUT2D eigenvalue weighted by Crippen LogP contribution is -2.08. The maximum atomic E-state index is 6.47. The van der Waals surface area contributed by atoms with Crippen LogP contribution in [0, 0.1) is 13.8 Å². The van der Waals surface area contributed by atoms with E-state index in [1.54, 1.807) is 0 Å². The highest BCUT2D eigenvalue weighted by molar-refractivity contribution is 9.10. The van der Waals surface area contributed by atoms with Crippen molar-refractivity contribution in [1.29, 1.82) is 0 Å². The number of hydrogen-bond acceptors (Lipinski definition) is 1. The third-order valence-electron chi connectivity index (χ3n) is 4.28. The molecule has 0 heterocycles. The van der Waals surface area contributed by atoms with Gasteiger partial charge >= 0.3 is 0 Å². The first-order valence-electron chi connectivity index (χ1n) is 7.83. The van der Waals surface area contributed by atoms with Crippen LogP contribution in [0.25, 0.3) is 0 Å². The lowest BCUT2D eigenvalue weighted by molar-refractivity contribution is 0.973. The second-order valence-electron chi connectivity index (χ2n) is 6.12. The van der Waals surface area contributed by atoms with E-state index < -0.39 is 0 Å². The van der Waals surface area contributed by atoms with Crippen LogP contribution in [0.4, 0.5) is 5.69 Å². The number of nitrogens with two attached hydrogens (primary N) is 1. The molecule has 3 heteroatoms. The molecule has 24 heavy (non-hydrogen) atoms. The molecule has 3 aromatic carbocycles. The van der Waals surface area contributed by atoms with E-state index in [0.717, 1.165) is 25.8 Å². The lowest BCUT2D eigenvalue weighted by Gasteiger charge is -2.22. The first-order valence-corrected chi connectivity index (χ1v) is 9.42. The van der Waals surface area contributed by atoms with Gasteiger partial charge in [-0.1, -0.05) is 73.8 Å². The summed E-state index contributed by atoms with van der Waals surface area (Å²) < 4.78 is 2.16. The van der Waals surface area contributed by atoms with Gasteiger partial charge in [0.1, 0.15) is 0 Å². The summed E-state index contributed by atoms with van der Waals surface area (Å²) in [7, 11) is 0. The molecule has 0 aliphatic heterocycles. The fraction of sp³-hybridized carbons (Fsp3) is 0.143. The molecule has 1 nitrogen and oxygen atoms in total. The molecule has 0 fully saturated rings. The van der Waals surface area contributed by atoms with E-state index in [1.807, 2.05) is 0 Å². The summed E-state index contributed by atoms with van der Waals surface area (Å²) >= 11 is 7.05. The Morgan fingerprint density at radius 3 is 1.67 bits per heavy atom. The monoisotopic (exact) mass is 443 g/mol. The highest BCUT2D eigenvalue weighted by Gasteiger charge is 2.20. The van der Waals surface area contributed by atoms with Gasteiger partial charge in [-0.15, -0.1) is 0 Å². The van der Waals surface area contributed by atoms with Crippen molar-refractivity contribution < 1.29 is 0 Å². The van der Waals surface area contributed by atoms with Crippen molar-refractivity contribution in [3.8, 4) is 0 Å². The van der Waals surface area contributed by atoms with Crippen LogP contribution in [0.1, 0.15) is 33.7 Å². The molecule has 0 aromatic heterocycles. The van der Waals surface area contributed by atoms with Crippen molar-refractivity contribution in [3.63, 3.8) is 0 Å². The van der Waals surface area contributed by atoms with Crippen LogP contribution >= 0.6 is 31.9 Å². The number of nitrogen functional groups attached to an aromatic ring is 1. The Morgan fingerprint density at radius 1 is 0.750 bits per heavy atom. The fourth-order valence-corrected chi connectivity index (χ4v) is 3.64. The zero-order chi connectivity index (χ0) is 17.3. The molecule has 0 aliphatic rings. The predicted octanol–water partition coefficient (Wildman–Crippen LogP) is 6.59. The maximum Gasteiger partial charge on any atom is 0.0386 e. The van der Waals surface area contributed by atoms with Crippen molar-refractivity contribution in [3.05, 3.63) is 97.4 Å². The Balaban J connectivity index is 2.22. The van der Waals surface area contributed by atoms with Gasteiger partial charge in [0.15, 0.2) is 0 Å². The van der Waals surface area contributed by atoms with E-state index >= 15 is 0 Å². The van der Waals surface area contributed by atoms with Gasteiger partial charge in [-0.3, -0.25) is 0 Å². The van der Waals surface area contributed by atoms with Crippen molar-refractivity contribution >= 4 is 37.5 Å². The summed E-state index contributed by atoms with van der Waals surface area (Å²) in [6.45, 7) is 4.20. The van der Waals surface area contributed by atoms with Crippen LogP contribution in [0.3, 0.4) is 0 Å². The molecule has 0 amide bonds. The summed E-state index contributed by atoms with van der Waals surface area (Å²) in [4.78, 5) is 0. The van der Waals surface area contributed by atoms with Crippen LogP contribution in [0.15, 0.2) is 69.6 Å². The molecule has 3 aromatic rings. The summed E-state index contributed by atoms with van der Waals surface area (Å²) in [6, 6.07) is 21.3. The lowest BCUT2D eigenvalue weighted by atomic mass is 9.83. The van der Waals surface area contributed by atoms with Gasteiger partial charge in [0.25, 0.3) is 0 Å². The molecular formula is C21H19Br2N. The molecule has 0 aliphatic carbocycles. The normalized spacial score (nSPS) is 11.0. The molecule has 0 saturated heterocycles. The van der Waals surface area contributed by atoms with Crippen molar-refractivity contribution in [2.24, 2.45) is 0 Å². The Morgan fingerprint density at radius 2 is 1.21 bits per heavy atom. The maximum absolute atomic E-state index is 6.47. The number of benzene rings is 3. The smallest absolute Gasteiger partial charge is 0.0386 e. The minimum atomic E-state index is 0.116. The van der Waals surface area contributed by atoms with Crippen molar-refractivity contribution in [2.75, 3.05) is 5.73 Å². The first-order chi connectivity index (χ1) is 11.5. The quantitative estimate of drug-likeness (QED) is 0.357. The van der Waals surface area contributed by atoms with E-state index in [-0.39, 0.29) is 5.92 Å². The van der Waals surface area contributed by atoms with Gasteiger partial charge in [0.2, 0.25) is 0 Å². The van der Waals surface area contributed by atoms with Crippen LogP contribution in [0.5, 0.6) is 0 Å². The molecular weight excluding hydrogens is 426 g/mol. The molecule has 122 valence electrons. The van der Waals surface area contributed by atoms with Gasteiger partial charge in [-0.05, 0) is 60.4 Å². The van der Waals surface area contributed by atoms with Crippen molar-refractivity contribution in [2.45, 2.75) is 19.8 Å². The predicted molar refractivity (Wildman–Crippen MR) is 110 cm³/mol. The van der Waals surface area contributed by atoms with Gasteiger partial charge in [-0.2, -0.15) is 0 Å². The highest BCUT2D eigenvalue weighted by Crippen LogP contribution is 2.37. The van der Waals surface area contributed by atoms with Gasteiger partial charge < -0.3 is 5.73 Å². The SMILES string of the molecule is Cc1cc(C)c(N)c(C(c2ccc(Br)cc2)c2ccc(Br)cc2)c1. The minimum absolute atomic E-state index is 0.116. The zero-order valence-corrected chi connectivity index (χ0v) is 16.9. The van der Waals surface area contributed by atoms with E-state index in [2.05, 4.69) is 106 Å². The Bertz CT molecular complexity index is 807. The van der Waals surface area contributed by atoms with Gasteiger partial charge in [0, 0.05) is 20.6 Å². The summed E-state index contributed by atoms with van der Waals surface area (Å²) in [5.74, 6) is 0.116. The molecule has 0 saturated carbocycles. The number of aryl methyl sites for hydroxylation is 2.